The number of benzene rings is 1. The van der Waals surface area contributed by atoms with E-state index in [1.807, 2.05) is 70.1 Å². The third kappa shape index (κ3) is 8.70. The van der Waals surface area contributed by atoms with Gasteiger partial charge in [-0.15, -0.1) is 0 Å². The minimum absolute atomic E-state index is 0.410. The van der Waals surface area contributed by atoms with Crippen LogP contribution in [0.5, 0.6) is 0 Å². The molecule has 0 unspecified atom stereocenters. The molecule has 6 heteroatoms. The number of alkyl carbamates (subject to hydrolysis) is 1. The zero-order valence-corrected chi connectivity index (χ0v) is 14.7. The summed E-state index contributed by atoms with van der Waals surface area (Å²) < 4.78 is 5.18. The van der Waals surface area contributed by atoms with Crippen LogP contribution in [0.15, 0.2) is 35.3 Å². The average Bonchev–Trinajstić information content (AvgIpc) is 2.45. The second-order valence-electron chi connectivity index (χ2n) is 6.38. The summed E-state index contributed by atoms with van der Waals surface area (Å²) in [5.41, 5.74) is 0.671. The molecule has 1 aromatic rings. The second kappa shape index (κ2) is 9.02. The smallest absolute Gasteiger partial charge is 0.407 e. The Morgan fingerprint density at radius 3 is 2.30 bits per heavy atom. The highest BCUT2D eigenvalue weighted by molar-refractivity contribution is 5.79. The van der Waals surface area contributed by atoms with Crippen molar-refractivity contribution < 1.29 is 9.53 Å². The molecule has 6 nitrogen and oxygen atoms in total. The first-order valence-electron chi connectivity index (χ1n) is 7.74. The molecule has 0 saturated carbocycles. The van der Waals surface area contributed by atoms with E-state index in [0.29, 0.717) is 19.6 Å². The van der Waals surface area contributed by atoms with Gasteiger partial charge in [-0.3, -0.25) is 0 Å². The van der Waals surface area contributed by atoms with Gasteiger partial charge in [-0.25, -0.2) is 9.79 Å². The summed E-state index contributed by atoms with van der Waals surface area (Å²) >= 11 is 0. The lowest BCUT2D eigenvalue weighted by atomic mass is 10.2. The van der Waals surface area contributed by atoms with Gasteiger partial charge < -0.3 is 20.3 Å². The molecule has 1 aromatic carbocycles. The van der Waals surface area contributed by atoms with Crippen molar-refractivity contribution in [3.8, 4) is 0 Å². The van der Waals surface area contributed by atoms with Crippen LogP contribution in [0, 0.1) is 0 Å². The highest BCUT2D eigenvalue weighted by Gasteiger charge is 2.15. The van der Waals surface area contributed by atoms with Gasteiger partial charge in [-0.1, -0.05) is 30.3 Å². The largest absolute Gasteiger partial charge is 0.444 e. The fraction of sp³-hybridized carbons (Fsp3) is 0.529. The highest BCUT2D eigenvalue weighted by Crippen LogP contribution is 2.06. The molecule has 1 amide bonds. The fourth-order valence-corrected chi connectivity index (χ4v) is 1.76. The molecule has 0 aliphatic rings. The molecule has 128 valence electrons. The van der Waals surface area contributed by atoms with Crippen molar-refractivity contribution in [3.05, 3.63) is 35.9 Å². The molecule has 0 aliphatic heterocycles. The molecule has 0 atom stereocenters. The van der Waals surface area contributed by atoms with E-state index in [-0.39, 0.29) is 0 Å². The van der Waals surface area contributed by atoms with E-state index in [1.54, 1.807) is 0 Å². The van der Waals surface area contributed by atoms with E-state index in [9.17, 15) is 4.79 Å². The van der Waals surface area contributed by atoms with Gasteiger partial charge in [0.2, 0.25) is 0 Å². The summed E-state index contributed by atoms with van der Waals surface area (Å²) in [6.07, 6.45) is -0.410. The van der Waals surface area contributed by atoms with Crippen LogP contribution in [-0.4, -0.2) is 49.7 Å². The summed E-state index contributed by atoms with van der Waals surface area (Å²) in [5, 5.41) is 5.92. The van der Waals surface area contributed by atoms with Gasteiger partial charge in [0.1, 0.15) is 5.60 Å². The molecule has 0 bridgehead atoms. The first kappa shape index (κ1) is 18.8. The van der Waals surface area contributed by atoms with Gasteiger partial charge >= 0.3 is 6.09 Å². The van der Waals surface area contributed by atoms with E-state index in [1.165, 1.54) is 0 Å². The van der Waals surface area contributed by atoms with Crippen LogP contribution in [0.25, 0.3) is 0 Å². The Kier molecular flexibility index (Phi) is 7.38. The summed E-state index contributed by atoms with van der Waals surface area (Å²) in [4.78, 5) is 18.0. The summed E-state index contributed by atoms with van der Waals surface area (Å²) in [5.74, 6) is 0.778. The maximum atomic E-state index is 11.5. The molecule has 0 aliphatic carbocycles. The number of ether oxygens (including phenoxy) is 1. The third-order valence-corrected chi connectivity index (χ3v) is 2.75. The van der Waals surface area contributed by atoms with Crippen molar-refractivity contribution >= 4 is 12.1 Å². The predicted octanol–water partition coefficient (Wildman–Crippen LogP) is 2.22. The number of hydrogen-bond donors (Lipinski definition) is 2. The number of aliphatic imine (C=N–C) groups is 1. The van der Waals surface area contributed by atoms with Gasteiger partial charge in [0.05, 0.1) is 6.54 Å². The molecule has 0 heterocycles. The molecular formula is C17H28N4O2. The zero-order valence-electron chi connectivity index (χ0n) is 14.7. The lowest BCUT2D eigenvalue weighted by molar-refractivity contribution is 0.0529. The van der Waals surface area contributed by atoms with Gasteiger partial charge in [-0.2, -0.15) is 0 Å². The Morgan fingerprint density at radius 2 is 1.74 bits per heavy atom. The van der Waals surface area contributed by atoms with Crippen LogP contribution >= 0.6 is 0 Å². The molecule has 0 radical (unpaired) electrons. The molecule has 2 N–H and O–H groups in total. The second-order valence-corrected chi connectivity index (χ2v) is 6.38. The Bertz CT molecular complexity index is 507. The Hall–Kier alpha value is -2.24. The molecule has 0 spiro atoms. The number of rotatable bonds is 5. The number of carbonyl (C=O) groups excluding carboxylic acids is 1. The van der Waals surface area contributed by atoms with Crippen LogP contribution < -0.4 is 10.6 Å². The van der Waals surface area contributed by atoms with Crippen molar-refractivity contribution in [2.45, 2.75) is 32.9 Å². The minimum Gasteiger partial charge on any atom is -0.444 e. The normalized spacial score (nSPS) is 11.8. The van der Waals surface area contributed by atoms with Crippen molar-refractivity contribution in [2.75, 3.05) is 27.2 Å². The predicted molar refractivity (Wildman–Crippen MR) is 93.5 cm³/mol. The van der Waals surface area contributed by atoms with Crippen molar-refractivity contribution in [3.63, 3.8) is 0 Å². The number of hydrogen-bond acceptors (Lipinski definition) is 3. The van der Waals surface area contributed by atoms with Crippen LogP contribution in [-0.2, 0) is 11.3 Å². The fourth-order valence-electron chi connectivity index (χ4n) is 1.76. The molecule has 0 fully saturated rings. The van der Waals surface area contributed by atoms with E-state index < -0.39 is 11.7 Å². The molecule has 0 saturated heterocycles. The van der Waals surface area contributed by atoms with Crippen LogP contribution in [0.3, 0.4) is 0 Å². The maximum Gasteiger partial charge on any atom is 0.407 e. The van der Waals surface area contributed by atoms with Gasteiger partial charge in [0.15, 0.2) is 5.96 Å². The van der Waals surface area contributed by atoms with E-state index in [4.69, 9.17) is 4.74 Å². The average molecular weight is 320 g/mol. The SMILES string of the molecule is CN(C)C(=NCc1ccccc1)NCCNC(=O)OC(C)(C)C. The molecule has 23 heavy (non-hydrogen) atoms. The first-order chi connectivity index (χ1) is 10.8. The number of amides is 1. The summed E-state index contributed by atoms with van der Waals surface area (Å²) in [7, 11) is 3.86. The number of guanidine groups is 1. The first-order valence-corrected chi connectivity index (χ1v) is 7.74. The summed E-state index contributed by atoms with van der Waals surface area (Å²) in [6.45, 7) is 7.17. The van der Waals surface area contributed by atoms with E-state index in [0.717, 1.165) is 11.5 Å². The Balaban J connectivity index is 2.38. The Morgan fingerprint density at radius 1 is 1.13 bits per heavy atom. The highest BCUT2D eigenvalue weighted by atomic mass is 16.6. The number of nitrogens with zero attached hydrogens (tertiary/aromatic N) is 2. The molecule has 0 aromatic heterocycles. The van der Waals surface area contributed by atoms with Gasteiger partial charge in [0.25, 0.3) is 0 Å². The molecule has 1 rings (SSSR count). The van der Waals surface area contributed by atoms with Gasteiger partial charge in [0, 0.05) is 27.2 Å². The van der Waals surface area contributed by atoms with Crippen molar-refractivity contribution in [1.82, 2.24) is 15.5 Å². The minimum atomic E-state index is -0.483. The van der Waals surface area contributed by atoms with Crippen LogP contribution in [0.2, 0.25) is 0 Å². The maximum absolute atomic E-state index is 11.5. The van der Waals surface area contributed by atoms with Gasteiger partial charge in [-0.05, 0) is 26.3 Å². The number of carbonyl (C=O) groups is 1. The third-order valence-electron chi connectivity index (χ3n) is 2.75. The van der Waals surface area contributed by atoms with E-state index >= 15 is 0 Å². The van der Waals surface area contributed by atoms with Crippen molar-refractivity contribution in [1.29, 1.82) is 0 Å². The topological polar surface area (TPSA) is 66.0 Å². The number of nitrogens with one attached hydrogen (secondary N) is 2. The van der Waals surface area contributed by atoms with Crippen LogP contribution in [0.4, 0.5) is 4.79 Å². The molecular weight excluding hydrogens is 292 g/mol. The quantitative estimate of drug-likeness (QED) is 0.496. The monoisotopic (exact) mass is 320 g/mol. The van der Waals surface area contributed by atoms with E-state index in [2.05, 4.69) is 15.6 Å². The summed E-state index contributed by atoms with van der Waals surface area (Å²) in [6, 6.07) is 10.1. The Labute approximate surface area is 138 Å². The van der Waals surface area contributed by atoms with Crippen molar-refractivity contribution in [2.24, 2.45) is 4.99 Å². The lowest BCUT2D eigenvalue weighted by Crippen LogP contribution is -2.42. The lowest BCUT2D eigenvalue weighted by Gasteiger charge is -2.20. The van der Waals surface area contributed by atoms with Crippen LogP contribution in [0.1, 0.15) is 26.3 Å². The zero-order chi connectivity index (χ0) is 17.3. The standard InChI is InChI=1S/C17H28N4O2/c1-17(2,3)23-16(22)19-12-11-18-15(21(4)5)20-13-14-9-7-6-8-10-14/h6-10H,11-13H2,1-5H3,(H,18,20)(H,19,22).